The molecule has 2 aromatic carbocycles. The van der Waals surface area contributed by atoms with Crippen LogP contribution in [0.25, 0.3) is 22.2 Å². The van der Waals surface area contributed by atoms with Gasteiger partial charge in [-0.25, -0.2) is 18.2 Å². The number of fused-ring (bicyclic) bond motifs is 1. The van der Waals surface area contributed by atoms with Gasteiger partial charge in [-0.05, 0) is 25.0 Å². The Labute approximate surface area is 186 Å². The van der Waals surface area contributed by atoms with Gasteiger partial charge in [0.15, 0.2) is 16.4 Å². The Morgan fingerprint density at radius 3 is 2.47 bits per heavy atom. The Morgan fingerprint density at radius 1 is 1.09 bits per heavy atom. The van der Waals surface area contributed by atoms with E-state index in [1.165, 1.54) is 4.90 Å². The lowest BCUT2D eigenvalue weighted by Gasteiger charge is -2.23. The van der Waals surface area contributed by atoms with Gasteiger partial charge in [0.05, 0.1) is 28.3 Å². The van der Waals surface area contributed by atoms with Crippen molar-refractivity contribution < 1.29 is 22.7 Å². The summed E-state index contributed by atoms with van der Waals surface area (Å²) in [5.41, 5.74) is 3.25. The molecule has 4 rings (SSSR count). The lowest BCUT2D eigenvalue weighted by molar-refractivity contribution is -0.134. The summed E-state index contributed by atoms with van der Waals surface area (Å²) in [6, 6.07) is 16.5. The summed E-state index contributed by atoms with van der Waals surface area (Å²) in [6.07, 6.45) is 0.396. The molecule has 1 saturated heterocycles. The highest BCUT2D eigenvalue weighted by atomic mass is 32.2. The van der Waals surface area contributed by atoms with Gasteiger partial charge in [0.25, 0.3) is 5.91 Å². The molecule has 1 fully saturated rings. The lowest BCUT2D eigenvalue weighted by Crippen LogP contribution is -2.40. The normalized spacial score (nSPS) is 17.2. The molecule has 0 unspecified atom stereocenters. The fourth-order valence-electron chi connectivity index (χ4n) is 4.03. The first-order valence-corrected chi connectivity index (χ1v) is 12.2. The van der Waals surface area contributed by atoms with Crippen LogP contribution < -0.4 is 0 Å². The molecule has 1 aromatic heterocycles. The zero-order valence-electron chi connectivity index (χ0n) is 17.9. The molecule has 0 radical (unpaired) electrons. The zero-order valence-corrected chi connectivity index (χ0v) is 18.8. The van der Waals surface area contributed by atoms with Gasteiger partial charge in [-0.1, -0.05) is 48.5 Å². The smallest absolute Gasteiger partial charge is 0.339 e. The summed E-state index contributed by atoms with van der Waals surface area (Å²) in [7, 11) is -1.57. The van der Waals surface area contributed by atoms with Gasteiger partial charge in [-0.2, -0.15) is 0 Å². The van der Waals surface area contributed by atoms with Crippen molar-refractivity contribution in [2.24, 2.45) is 0 Å². The van der Waals surface area contributed by atoms with E-state index in [1.54, 1.807) is 13.1 Å². The summed E-state index contributed by atoms with van der Waals surface area (Å²) >= 11 is 0. The number of ether oxygens (including phenoxy) is 1. The summed E-state index contributed by atoms with van der Waals surface area (Å²) in [5, 5.41) is 0.650. The van der Waals surface area contributed by atoms with Crippen molar-refractivity contribution in [3.63, 3.8) is 0 Å². The number of esters is 1. The maximum Gasteiger partial charge on any atom is 0.339 e. The number of sulfone groups is 1. The molecular formula is C24H24N2O5S. The number of hydrogen-bond acceptors (Lipinski definition) is 6. The Bertz CT molecular complexity index is 1290. The first-order valence-electron chi connectivity index (χ1n) is 10.3. The minimum Gasteiger partial charge on any atom is -0.452 e. The number of likely N-dealkylation sites (N-methyl/N-ethyl adjacent to an activating group) is 1. The molecule has 3 aromatic rings. The number of rotatable bonds is 5. The third-order valence-electron chi connectivity index (χ3n) is 5.86. The number of benzene rings is 2. The van der Waals surface area contributed by atoms with Crippen molar-refractivity contribution >= 4 is 32.6 Å². The van der Waals surface area contributed by atoms with Crippen molar-refractivity contribution in [1.29, 1.82) is 0 Å². The summed E-state index contributed by atoms with van der Waals surface area (Å²) in [6.45, 7) is 1.36. The monoisotopic (exact) mass is 452 g/mol. The van der Waals surface area contributed by atoms with E-state index in [9.17, 15) is 18.0 Å². The maximum atomic E-state index is 13.1. The van der Waals surface area contributed by atoms with Crippen LogP contribution in [-0.4, -0.2) is 61.4 Å². The Hall–Kier alpha value is -3.26. The predicted molar refractivity (Wildman–Crippen MR) is 122 cm³/mol. The number of carbonyl (C=O) groups is 2. The van der Waals surface area contributed by atoms with Crippen molar-refractivity contribution in [1.82, 2.24) is 9.88 Å². The second-order valence-electron chi connectivity index (χ2n) is 7.98. The molecule has 1 aliphatic rings. The van der Waals surface area contributed by atoms with Gasteiger partial charge >= 0.3 is 5.97 Å². The minimum absolute atomic E-state index is 0.0578. The second-order valence-corrected chi connectivity index (χ2v) is 10.2. The highest BCUT2D eigenvalue weighted by Crippen LogP contribution is 2.30. The molecule has 7 nitrogen and oxygen atoms in total. The summed E-state index contributed by atoms with van der Waals surface area (Å²) in [4.78, 5) is 31.8. The van der Waals surface area contributed by atoms with Crippen molar-refractivity contribution in [3.8, 4) is 11.3 Å². The number of para-hydroxylation sites is 1. The van der Waals surface area contributed by atoms with Crippen LogP contribution in [-0.2, 0) is 19.4 Å². The third-order valence-corrected chi connectivity index (χ3v) is 7.61. The van der Waals surface area contributed by atoms with Gasteiger partial charge in [-0.3, -0.25) is 4.79 Å². The molecule has 32 heavy (non-hydrogen) atoms. The van der Waals surface area contributed by atoms with Crippen LogP contribution in [0.2, 0.25) is 0 Å². The number of hydrogen-bond donors (Lipinski definition) is 0. The fourth-order valence-corrected chi connectivity index (χ4v) is 5.81. The van der Waals surface area contributed by atoms with Crippen molar-refractivity contribution in [2.75, 3.05) is 25.2 Å². The lowest BCUT2D eigenvalue weighted by atomic mass is 9.98. The zero-order chi connectivity index (χ0) is 22.9. The van der Waals surface area contributed by atoms with E-state index in [1.807, 2.05) is 55.5 Å². The summed E-state index contributed by atoms with van der Waals surface area (Å²) < 4.78 is 28.8. The molecule has 1 atom stereocenters. The number of carbonyl (C=O) groups excluding carboxylic acids is 2. The van der Waals surface area contributed by atoms with Crippen LogP contribution in [0.4, 0.5) is 0 Å². The average Bonchev–Trinajstić information content (AvgIpc) is 3.16. The molecule has 1 aliphatic heterocycles. The third kappa shape index (κ3) is 4.36. The summed E-state index contributed by atoms with van der Waals surface area (Å²) in [5.74, 6) is -1.03. The van der Waals surface area contributed by atoms with Crippen molar-refractivity contribution in [2.45, 2.75) is 19.4 Å². The van der Waals surface area contributed by atoms with Gasteiger partial charge < -0.3 is 9.64 Å². The van der Waals surface area contributed by atoms with Crippen LogP contribution in [0, 0.1) is 6.92 Å². The van der Waals surface area contributed by atoms with E-state index in [4.69, 9.17) is 9.72 Å². The van der Waals surface area contributed by atoms with E-state index in [0.717, 1.165) is 5.56 Å². The topological polar surface area (TPSA) is 93.6 Å². The van der Waals surface area contributed by atoms with Gasteiger partial charge in [-0.15, -0.1) is 0 Å². The molecule has 166 valence electrons. The second kappa shape index (κ2) is 8.70. The minimum atomic E-state index is -3.12. The highest BCUT2D eigenvalue weighted by Gasteiger charge is 2.33. The fraction of sp³-hybridized carbons (Fsp3) is 0.292. The molecule has 0 spiro atoms. The van der Waals surface area contributed by atoms with Gasteiger partial charge in [0.1, 0.15) is 0 Å². The standard InChI is InChI=1S/C24H24N2O5S/c1-16-22(24(28)31-14-21(27)26(2)18-12-13-32(29,30)15-18)19-10-6-7-11-20(19)25-23(16)17-8-4-3-5-9-17/h3-11,18H,12-15H2,1-2H3/t18-/m1/s1. The Balaban J connectivity index is 1.59. The molecule has 2 heterocycles. The first-order chi connectivity index (χ1) is 15.3. The molecule has 0 aliphatic carbocycles. The number of aromatic nitrogens is 1. The molecule has 0 bridgehead atoms. The average molecular weight is 453 g/mol. The van der Waals surface area contributed by atoms with Crippen LogP contribution in [0.1, 0.15) is 22.3 Å². The highest BCUT2D eigenvalue weighted by molar-refractivity contribution is 7.91. The van der Waals surface area contributed by atoms with E-state index >= 15 is 0 Å². The van der Waals surface area contributed by atoms with Gasteiger partial charge in [0, 0.05) is 24.0 Å². The van der Waals surface area contributed by atoms with E-state index in [0.29, 0.717) is 34.1 Å². The predicted octanol–water partition coefficient (Wildman–Crippen LogP) is 3.01. The molecule has 0 N–H and O–H groups in total. The van der Waals surface area contributed by atoms with Crippen LogP contribution in [0.15, 0.2) is 54.6 Å². The van der Waals surface area contributed by atoms with Crippen molar-refractivity contribution in [3.05, 3.63) is 65.7 Å². The number of amides is 1. The first kappa shape index (κ1) is 22.0. The van der Waals surface area contributed by atoms with E-state index < -0.39 is 28.3 Å². The van der Waals surface area contributed by atoms with E-state index in [2.05, 4.69) is 0 Å². The molecule has 8 heteroatoms. The van der Waals surface area contributed by atoms with E-state index in [-0.39, 0.29) is 17.5 Å². The Morgan fingerprint density at radius 2 is 1.78 bits per heavy atom. The van der Waals surface area contributed by atoms with Gasteiger partial charge in [0.2, 0.25) is 0 Å². The molecule has 1 amide bonds. The SMILES string of the molecule is Cc1c(-c2ccccc2)nc2ccccc2c1C(=O)OCC(=O)N(C)[C@@H]1CCS(=O)(=O)C1. The number of pyridine rings is 1. The van der Waals surface area contributed by atoms with Crippen LogP contribution in [0.5, 0.6) is 0 Å². The molecular weight excluding hydrogens is 428 g/mol. The van der Waals surface area contributed by atoms with Crippen LogP contribution >= 0.6 is 0 Å². The molecule has 0 saturated carbocycles. The maximum absolute atomic E-state index is 13.1. The largest absolute Gasteiger partial charge is 0.452 e. The Kier molecular flexibility index (Phi) is 5.97. The number of nitrogens with zero attached hydrogens (tertiary/aromatic N) is 2. The quantitative estimate of drug-likeness (QED) is 0.553. The van der Waals surface area contributed by atoms with Crippen LogP contribution in [0.3, 0.4) is 0 Å².